The lowest BCUT2D eigenvalue weighted by Crippen LogP contribution is -2.35. The van der Waals surface area contributed by atoms with Crippen LogP contribution in [0.2, 0.25) is 0 Å². The van der Waals surface area contributed by atoms with Gasteiger partial charge in [0.05, 0.1) is 0 Å². The van der Waals surface area contributed by atoms with E-state index in [1.54, 1.807) is 12.2 Å². The van der Waals surface area contributed by atoms with Crippen molar-refractivity contribution < 1.29 is 9.53 Å². The number of nitrogens with zero attached hydrogens (tertiary/aromatic N) is 1. The molecule has 0 atom stereocenters. The molecule has 1 aliphatic carbocycles. The maximum atomic E-state index is 13.0. The van der Waals surface area contributed by atoms with Crippen LogP contribution in [-0.2, 0) is 4.79 Å². The van der Waals surface area contributed by atoms with Gasteiger partial charge >= 0.3 is 0 Å². The molecule has 1 fully saturated rings. The smallest absolute Gasteiger partial charge is 0.256 e. The van der Waals surface area contributed by atoms with Gasteiger partial charge in [-0.1, -0.05) is 61.7 Å². The molecule has 0 saturated carbocycles. The Morgan fingerprint density at radius 2 is 1.71 bits per heavy atom. The third-order valence-corrected chi connectivity index (χ3v) is 6.55. The van der Waals surface area contributed by atoms with E-state index in [2.05, 4.69) is 48.6 Å². The Morgan fingerprint density at radius 3 is 2.31 bits per heavy atom. The first-order chi connectivity index (χ1) is 17.0. The monoisotopic (exact) mass is 466 g/mol. The van der Waals surface area contributed by atoms with E-state index in [1.165, 1.54) is 0 Å². The molecule has 4 rings (SSSR count). The van der Waals surface area contributed by atoms with Gasteiger partial charge in [-0.15, -0.1) is 0 Å². The van der Waals surface area contributed by atoms with Crippen molar-refractivity contribution in [1.29, 1.82) is 0 Å². The molecular formula is C31H34N2O2. The van der Waals surface area contributed by atoms with Crippen LogP contribution in [0.1, 0.15) is 25.7 Å². The first-order valence-electron chi connectivity index (χ1n) is 12.3. The molecular weight excluding hydrogens is 432 g/mol. The number of carbonyl (C=O) groups excluding carboxylic acids is 1. The molecule has 1 amide bonds. The van der Waals surface area contributed by atoms with E-state index in [4.69, 9.17) is 4.74 Å². The Hall–Kier alpha value is -3.63. The van der Waals surface area contributed by atoms with Crippen molar-refractivity contribution in [1.82, 2.24) is 4.90 Å². The van der Waals surface area contributed by atoms with Gasteiger partial charge in [-0.25, -0.2) is 0 Å². The number of hydrogen-bond donors (Lipinski definition) is 1. The summed E-state index contributed by atoms with van der Waals surface area (Å²) in [4.78, 5) is 15.4. The zero-order valence-electron chi connectivity index (χ0n) is 20.5. The van der Waals surface area contributed by atoms with E-state index < -0.39 is 0 Å². The van der Waals surface area contributed by atoms with E-state index in [-0.39, 0.29) is 5.91 Å². The van der Waals surface area contributed by atoms with Crippen molar-refractivity contribution in [2.45, 2.75) is 31.8 Å². The van der Waals surface area contributed by atoms with Gasteiger partial charge in [0, 0.05) is 24.4 Å². The molecule has 0 unspecified atom stereocenters. The van der Waals surface area contributed by atoms with Crippen LogP contribution >= 0.6 is 0 Å². The molecule has 35 heavy (non-hydrogen) atoms. The summed E-state index contributed by atoms with van der Waals surface area (Å²) >= 11 is 0. The third kappa shape index (κ3) is 6.49. The molecule has 1 heterocycles. The lowest BCUT2D eigenvalue weighted by Gasteiger charge is -2.29. The Kier molecular flexibility index (Phi) is 8.17. The van der Waals surface area contributed by atoms with E-state index in [0.29, 0.717) is 11.7 Å². The molecule has 4 heteroatoms. The highest BCUT2D eigenvalue weighted by atomic mass is 16.5. The molecule has 0 bridgehead atoms. The summed E-state index contributed by atoms with van der Waals surface area (Å²) < 4.78 is 6.16. The van der Waals surface area contributed by atoms with Gasteiger partial charge in [-0.2, -0.15) is 0 Å². The second kappa shape index (κ2) is 11.7. The van der Waals surface area contributed by atoms with E-state index in [0.717, 1.165) is 72.5 Å². The van der Waals surface area contributed by atoms with Crippen molar-refractivity contribution in [2.24, 2.45) is 0 Å². The Morgan fingerprint density at radius 1 is 1.06 bits per heavy atom. The quantitative estimate of drug-likeness (QED) is 0.347. The Bertz CT molecular complexity index is 1150. The van der Waals surface area contributed by atoms with Gasteiger partial charge in [0.15, 0.2) is 0 Å². The number of anilines is 1. The highest BCUT2D eigenvalue weighted by Gasteiger charge is 2.18. The second-order valence-electron chi connectivity index (χ2n) is 9.13. The van der Waals surface area contributed by atoms with Gasteiger partial charge in [-0.3, -0.25) is 4.79 Å². The van der Waals surface area contributed by atoms with Crippen LogP contribution in [0.25, 0.3) is 11.1 Å². The van der Waals surface area contributed by atoms with Gasteiger partial charge in [-0.05, 0) is 85.3 Å². The van der Waals surface area contributed by atoms with Gasteiger partial charge in [0.2, 0.25) is 0 Å². The van der Waals surface area contributed by atoms with Crippen molar-refractivity contribution in [3.63, 3.8) is 0 Å². The number of rotatable bonds is 8. The fraction of sp³-hybridized carbons (Fsp3) is 0.258. The molecule has 1 saturated heterocycles. The lowest BCUT2D eigenvalue weighted by molar-refractivity contribution is -0.112. The highest BCUT2D eigenvalue weighted by molar-refractivity contribution is 6.08. The lowest BCUT2D eigenvalue weighted by atomic mass is 9.92. The van der Waals surface area contributed by atoms with Crippen LogP contribution in [0.5, 0.6) is 5.75 Å². The van der Waals surface area contributed by atoms with E-state index in [1.807, 2.05) is 48.6 Å². The summed E-state index contributed by atoms with van der Waals surface area (Å²) in [7, 11) is 2.16. The minimum Gasteiger partial charge on any atom is -0.490 e. The van der Waals surface area contributed by atoms with Crippen LogP contribution in [0.4, 0.5) is 5.69 Å². The summed E-state index contributed by atoms with van der Waals surface area (Å²) in [5, 5.41) is 3.00. The molecule has 0 spiro atoms. The molecule has 1 aliphatic heterocycles. The molecule has 2 aromatic rings. The highest BCUT2D eigenvalue weighted by Crippen LogP contribution is 2.28. The fourth-order valence-corrected chi connectivity index (χ4v) is 4.42. The van der Waals surface area contributed by atoms with Gasteiger partial charge in [0.25, 0.3) is 5.91 Å². The molecule has 1 N–H and O–H groups in total. The first-order valence-corrected chi connectivity index (χ1v) is 12.3. The van der Waals surface area contributed by atoms with E-state index in [9.17, 15) is 4.79 Å². The number of piperidine rings is 1. The summed E-state index contributed by atoms with van der Waals surface area (Å²) in [6.45, 7) is 10.1. The van der Waals surface area contributed by atoms with Crippen LogP contribution in [0.15, 0.2) is 109 Å². The normalized spacial score (nSPS) is 16.9. The fourth-order valence-electron chi connectivity index (χ4n) is 4.42. The first kappa shape index (κ1) is 24.5. The number of benzene rings is 2. The van der Waals surface area contributed by atoms with Gasteiger partial charge in [0.1, 0.15) is 11.9 Å². The molecule has 0 aromatic heterocycles. The molecule has 180 valence electrons. The summed E-state index contributed by atoms with van der Waals surface area (Å²) in [5.41, 5.74) is 5.28. The maximum absolute atomic E-state index is 13.0. The minimum atomic E-state index is -0.187. The molecule has 2 aromatic carbocycles. The summed E-state index contributed by atoms with van der Waals surface area (Å²) in [6.07, 6.45) is 13.8. The van der Waals surface area contributed by atoms with Crippen molar-refractivity contribution in [2.75, 3.05) is 25.5 Å². The zero-order valence-corrected chi connectivity index (χ0v) is 20.5. The molecule has 4 nitrogen and oxygen atoms in total. The summed E-state index contributed by atoms with van der Waals surface area (Å²) in [6, 6.07) is 16.1. The largest absolute Gasteiger partial charge is 0.490 e. The Balaban J connectivity index is 1.38. The second-order valence-corrected chi connectivity index (χ2v) is 9.13. The number of carbonyl (C=O) groups is 1. The molecule has 2 aliphatic rings. The van der Waals surface area contributed by atoms with Crippen LogP contribution in [0, 0.1) is 0 Å². The Labute approximate surface area is 209 Å². The minimum absolute atomic E-state index is 0.187. The van der Waals surface area contributed by atoms with Crippen LogP contribution < -0.4 is 10.1 Å². The number of likely N-dealkylation sites (tertiary alicyclic amines) is 1. The van der Waals surface area contributed by atoms with Crippen LogP contribution in [0.3, 0.4) is 0 Å². The van der Waals surface area contributed by atoms with Crippen LogP contribution in [-0.4, -0.2) is 37.0 Å². The summed E-state index contributed by atoms with van der Waals surface area (Å²) in [5.74, 6) is 0.728. The average Bonchev–Trinajstić information content (AvgIpc) is 2.89. The number of amides is 1. The number of allylic oxidation sites excluding steroid dienone is 6. The number of ether oxygens (including phenoxy) is 1. The number of hydrogen-bond acceptors (Lipinski definition) is 3. The molecule has 0 radical (unpaired) electrons. The standard InChI is InChI=1S/C31H34N2O2/c1-4-8-30(23(2)24-9-6-5-7-10-24)31(34)32-27-15-11-25(12-16-27)26-13-17-28(18-14-26)35-29-19-21-33(3)22-20-29/h4-6,8-9,11-18,29H,1-2,7,10,19-22H2,3H3,(H,32,34)/b30-8+. The third-order valence-electron chi connectivity index (χ3n) is 6.55. The van der Waals surface area contributed by atoms with Crippen molar-refractivity contribution in [3.05, 3.63) is 109 Å². The maximum Gasteiger partial charge on any atom is 0.256 e. The van der Waals surface area contributed by atoms with Crippen molar-refractivity contribution in [3.8, 4) is 16.9 Å². The number of nitrogens with one attached hydrogen (secondary N) is 1. The van der Waals surface area contributed by atoms with E-state index >= 15 is 0 Å². The SMILES string of the molecule is C=C/C=C(\C(=C)C1=CC=CCC1)C(=O)Nc1ccc(-c2ccc(OC3CCN(C)CC3)cc2)cc1. The van der Waals surface area contributed by atoms with Crippen molar-refractivity contribution >= 4 is 11.6 Å². The topological polar surface area (TPSA) is 41.6 Å². The van der Waals surface area contributed by atoms with Gasteiger partial charge < -0.3 is 15.0 Å². The average molecular weight is 467 g/mol. The zero-order chi connectivity index (χ0) is 24.6. The predicted octanol–water partition coefficient (Wildman–Crippen LogP) is 6.71. The predicted molar refractivity (Wildman–Crippen MR) is 146 cm³/mol.